The van der Waals surface area contributed by atoms with E-state index < -0.39 is 30.5 Å². The van der Waals surface area contributed by atoms with Gasteiger partial charge in [-0.15, -0.1) is 0 Å². The highest BCUT2D eigenvalue weighted by atomic mass is 35.5. The number of rotatable bonds is 5. The first-order valence-corrected chi connectivity index (χ1v) is 5.64. The summed E-state index contributed by atoms with van der Waals surface area (Å²) in [5, 5.41) is 21.8. The predicted molar refractivity (Wildman–Crippen MR) is 65.3 cm³/mol. The highest BCUT2D eigenvalue weighted by Crippen LogP contribution is 2.15. The SMILES string of the molecule is O=C(NCc1ccc(F)c(Cl)c1)NC[C@H](O)C(=O)O. The lowest BCUT2D eigenvalue weighted by molar-refractivity contribution is -0.146. The molecule has 0 saturated heterocycles. The molecule has 2 amide bonds. The number of amides is 2. The molecule has 8 heteroatoms. The van der Waals surface area contributed by atoms with Crippen molar-refractivity contribution < 1.29 is 24.2 Å². The lowest BCUT2D eigenvalue weighted by Crippen LogP contribution is -2.41. The molecule has 1 aromatic rings. The van der Waals surface area contributed by atoms with Gasteiger partial charge in [0.1, 0.15) is 5.82 Å². The van der Waals surface area contributed by atoms with Gasteiger partial charge in [-0.2, -0.15) is 0 Å². The van der Waals surface area contributed by atoms with Crippen LogP contribution in [0.4, 0.5) is 9.18 Å². The molecule has 4 N–H and O–H groups in total. The number of aliphatic hydroxyl groups is 1. The second-order valence-corrected chi connectivity index (χ2v) is 4.07. The van der Waals surface area contributed by atoms with E-state index in [-0.39, 0.29) is 11.6 Å². The average molecular weight is 291 g/mol. The maximum atomic E-state index is 12.9. The lowest BCUT2D eigenvalue weighted by atomic mass is 10.2. The van der Waals surface area contributed by atoms with Crippen LogP contribution in [0.2, 0.25) is 5.02 Å². The summed E-state index contributed by atoms with van der Waals surface area (Å²) in [6.07, 6.45) is -1.66. The van der Waals surface area contributed by atoms with Gasteiger partial charge in [-0.25, -0.2) is 14.0 Å². The fourth-order valence-electron chi connectivity index (χ4n) is 1.17. The maximum absolute atomic E-state index is 12.9. The van der Waals surface area contributed by atoms with Crippen molar-refractivity contribution in [2.75, 3.05) is 6.54 Å². The van der Waals surface area contributed by atoms with E-state index in [1.54, 1.807) is 0 Å². The lowest BCUT2D eigenvalue weighted by Gasteiger charge is -2.09. The Hall–Kier alpha value is -1.86. The van der Waals surface area contributed by atoms with Gasteiger partial charge in [-0.3, -0.25) is 0 Å². The van der Waals surface area contributed by atoms with Gasteiger partial charge < -0.3 is 20.8 Å². The van der Waals surface area contributed by atoms with Crippen LogP contribution in [0, 0.1) is 5.82 Å². The number of nitrogens with one attached hydrogen (secondary N) is 2. The zero-order valence-corrected chi connectivity index (χ0v) is 10.4. The van der Waals surface area contributed by atoms with Gasteiger partial charge in [0.25, 0.3) is 0 Å². The molecule has 1 rings (SSSR count). The van der Waals surface area contributed by atoms with Crippen LogP contribution in [0.3, 0.4) is 0 Å². The second kappa shape index (κ2) is 6.91. The quantitative estimate of drug-likeness (QED) is 0.642. The molecule has 0 spiro atoms. The van der Waals surface area contributed by atoms with Gasteiger partial charge in [0.05, 0.1) is 11.6 Å². The zero-order chi connectivity index (χ0) is 14.4. The molecule has 0 unspecified atom stereocenters. The second-order valence-electron chi connectivity index (χ2n) is 3.67. The number of carbonyl (C=O) groups is 2. The Kier molecular flexibility index (Phi) is 5.53. The minimum Gasteiger partial charge on any atom is -0.479 e. The number of hydrogen-bond acceptors (Lipinski definition) is 3. The van der Waals surface area contributed by atoms with Gasteiger partial charge in [-0.05, 0) is 17.7 Å². The number of carboxylic acid groups (broad SMARTS) is 1. The van der Waals surface area contributed by atoms with Crippen LogP contribution in [-0.2, 0) is 11.3 Å². The maximum Gasteiger partial charge on any atom is 0.334 e. The molecule has 0 aliphatic carbocycles. The summed E-state index contributed by atoms with van der Waals surface area (Å²) in [4.78, 5) is 21.6. The Morgan fingerprint density at radius 3 is 2.63 bits per heavy atom. The monoisotopic (exact) mass is 290 g/mol. The van der Waals surface area contributed by atoms with Crippen molar-refractivity contribution in [3.63, 3.8) is 0 Å². The van der Waals surface area contributed by atoms with E-state index in [1.807, 2.05) is 0 Å². The third-order valence-electron chi connectivity index (χ3n) is 2.18. The van der Waals surface area contributed by atoms with Gasteiger partial charge in [0.2, 0.25) is 0 Å². The van der Waals surface area contributed by atoms with Crippen LogP contribution in [-0.4, -0.2) is 34.9 Å². The molecule has 19 heavy (non-hydrogen) atoms. The van der Waals surface area contributed by atoms with Crippen LogP contribution in [0.25, 0.3) is 0 Å². The number of halogens is 2. The van der Waals surface area contributed by atoms with Crippen LogP contribution in [0.1, 0.15) is 5.56 Å². The molecule has 0 aromatic heterocycles. The molecule has 104 valence electrons. The van der Waals surface area contributed by atoms with E-state index in [2.05, 4.69) is 10.6 Å². The Morgan fingerprint density at radius 2 is 2.05 bits per heavy atom. The highest BCUT2D eigenvalue weighted by molar-refractivity contribution is 6.30. The minimum atomic E-state index is -1.66. The molecule has 0 saturated carbocycles. The van der Waals surface area contributed by atoms with Crippen molar-refractivity contribution in [3.8, 4) is 0 Å². The number of aliphatic carboxylic acids is 1. The summed E-state index contributed by atoms with van der Waals surface area (Å²) < 4.78 is 12.9. The van der Waals surface area contributed by atoms with E-state index in [9.17, 15) is 14.0 Å². The number of carbonyl (C=O) groups excluding carboxylic acids is 1. The summed E-state index contributed by atoms with van der Waals surface area (Å²) in [6.45, 7) is -0.319. The summed E-state index contributed by atoms with van der Waals surface area (Å²) in [5.41, 5.74) is 0.584. The number of urea groups is 1. The normalized spacial score (nSPS) is 11.7. The summed E-state index contributed by atoms with van der Waals surface area (Å²) in [6, 6.07) is 3.34. The molecule has 6 nitrogen and oxygen atoms in total. The van der Waals surface area contributed by atoms with E-state index in [0.717, 1.165) is 0 Å². The van der Waals surface area contributed by atoms with Gasteiger partial charge in [0, 0.05) is 6.54 Å². The molecular formula is C11H12ClFN2O4. The summed E-state index contributed by atoms with van der Waals surface area (Å²) in [7, 11) is 0. The molecule has 0 aliphatic rings. The molecular weight excluding hydrogens is 279 g/mol. The van der Waals surface area contributed by atoms with Crippen LogP contribution >= 0.6 is 11.6 Å². The number of carboxylic acids is 1. The van der Waals surface area contributed by atoms with E-state index in [0.29, 0.717) is 5.56 Å². The van der Waals surface area contributed by atoms with Crippen LogP contribution in [0.5, 0.6) is 0 Å². The molecule has 0 radical (unpaired) electrons. The van der Waals surface area contributed by atoms with Crippen LogP contribution in [0.15, 0.2) is 18.2 Å². The largest absolute Gasteiger partial charge is 0.479 e. The first-order chi connectivity index (χ1) is 8.90. The Morgan fingerprint density at radius 1 is 1.37 bits per heavy atom. The molecule has 1 aromatic carbocycles. The summed E-state index contributed by atoms with van der Waals surface area (Å²) >= 11 is 5.57. The zero-order valence-electron chi connectivity index (χ0n) is 9.69. The third-order valence-corrected chi connectivity index (χ3v) is 2.47. The van der Waals surface area contributed by atoms with Gasteiger partial charge in [-0.1, -0.05) is 17.7 Å². The number of aliphatic hydroxyl groups excluding tert-OH is 1. The topological polar surface area (TPSA) is 98.7 Å². The number of benzene rings is 1. The van der Waals surface area contributed by atoms with Gasteiger partial charge >= 0.3 is 12.0 Å². The molecule has 1 atom stereocenters. The van der Waals surface area contributed by atoms with Crippen molar-refractivity contribution in [2.45, 2.75) is 12.6 Å². The Balaban J connectivity index is 2.37. The van der Waals surface area contributed by atoms with Crippen LogP contribution < -0.4 is 10.6 Å². The fraction of sp³-hybridized carbons (Fsp3) is 0.273. The third kappa shape index (κ3) is 5.11. The van der Waals surface area contributed by atoms with E-state index in [4.69, 9.17) is 21.8 Å². The minimum absolute atomic E-state index is 0.0546. The van der Waals surface area contributed by atoms with Crippen molar-refractivity contribution in [1.29, 1.82) is 0 Å². The highest BCUT2D eigenvalue weighted by Gasteiger charge is 2.13. The van der Waals surface area contributed by atoms with Crippen molar-refractivity contribution in [2.24, 2.45) is 0 Å². The fourth-order valence-corrected chi connectivity index (χ4v) is 1.37. The molecule has 0 heterocycles. The van der Waals surface area contributed by atoms with Crippen molar-refractivity contribution in [3.05, 3.63) is 34.6 Å². The predicted octanol–water partition coefficient (Wildman–Crippen LogP) is 0.724. The number of hydrogen-bond donors (Lipinski definition) is 4. The Labute approximate surface area is 113 Å². The van der Waals surface area contributed by atoms with Gasteiger partial charge in [0.15, 0.2) is 6.10 Å². The summed E-state index contributed by atoms with van der Waals surface area (Å²) in [5.74, 6) is -1.98. The first-order valence-electron chi connectivity index (χ1n) is 5.26. The smallest absolute Gasteiger partial charge is 0.334 e. The first kappa shape index (κ1) is 15.2. The standard InChI is InChI=1S/C11H12ClFN2O4/c12-7-3-6(1-2-8(7)13)4-14-11(19)15-5-9(16)10(17)18/h1-3,9,16H,4-5H2,(H,17,18)(H2,14,15,19)/t9-/m0/s1. The van der Waals surface area contributed by atoms with Crippen molar-refractivity contribution >= 4 is 23.6 Å². The average Bonchev–Trinajstić information content (AvgIpc) is 2.37. The molecule has 0 fully saturated rings. The molecule has 0 aliphatic heterocycles. The Bertz CT molecular complexity index is 484. The molecule has 0 bridgehead atoms. The van der Waals surface area contributed by atoms with Crippen molar-refractivity contribution in [1.82, 2.24) is 10.6 Å². The van der Waals surface area contributed by atoms with E-state index >= 15 is 0 Å². The van der Waals surface area contributed by atoms with E-state index in [1.165, 1.54) is 18.2 Å².